The van der Waals surface area contributed by atoms with Crippen molar-refractivity contribution >= 4 is 35.8 Å². The van der Waals surface area contributed by atoms with Crippen LogP contribution in [-0.2, 0) is 13.1 Å². The Hall–Kier alpha value is -2.69. The summed E-state index contributed by atoms with van der Waals surface area (Å²) in [5.41, 5.74) is 2.42. The molecule has 1 aromatic carbocycles. The number of benzene rings is 1. The molecule has 0 atom stereocenters. The summed E-state index contributed by atoms with van der Waals surface area (Å²) in [5, 5.41) is 7.68. The highest BCUT2D eigenvalue weighted by molar-refractivity contribution is 14.0. The number of nitrogens with one attached hydrogen (secondary N) is 1. The predicted molar refractivity (Wildman–Crippen MR) is 129 cm³/mol. The molecule has 1 fully saturated rings. The van der Waals surface area contributed by atoms with Crippen molar-refractivity contribution < 1.29 is 0 Å². The van der Waals surface area contributed by atoms with Gasteiger partial charge in [-0.3, -0.25) is 4.99 Å². The van der Waals surface area contributed by atoms with E-state index >= 15 is 0 Å². The quantitative estimate of drug-likeness (QED) is 0.318. The molecule has 2 aromatic heterocycles. The summed E-state index contributed by atoms with van der Waals surface area (Å²) in [5.74, 6) is 1.98. The van der Waals surface area contributed by atoms with E-state index in [1.54, 1.807) is 12.7 Å². The monoisotopic (exact) mass is 518 g/mol. The molecule has 3 heterocycles. The smallest absolute Gasteiger partial charge is 0.194 e. The number of pyridine rings is 1. The van der Waals surface area contributed by atoms with Gasteiger partial charge in [-0.15, -0.1) is 24.0 Å². The molecule has 9 heteroatoms. The van der Waals surface area contributed by atoms with Gasteiger partial charge in [0.1, 0.15) is 18.5 Å². The molecule has 0 unspecified atom stereocenters. The van der Waals surface area contributed by atoms with E-state index in [1.807, 2.05) is 30.1 Å². The number of rotatable bonds is 5. The Morgan fingerprint density at radius 2 is 1.90 bits per heavy atom. The fourth-order valence-electron chi connectivity index (χ4n) is 3.54. The number of aromatic nitrogens is 4. The fourth-order valence-corrected chi connectivity index (χ4v) is 3.54. The summed E-state index contributed by atoms with van der Waals surface area (Å²) in [7, 11) is 1.84. The Kier molecular flexibility index (Phi) is 8.00. The van der Waals surface area contributed by atoms with Crippen molar-refractivity contribution in [1.82, 2.24) is 30.0 Å². The molecule has 0 spiro atoms. The van der Waals surface area contributed by atoms with Crippen LogP contribution in [0.1, 0.15) is 11.1 Å². The highest BCUT2D eigenvalue weighted by Gasteiger charge is 2.20. The Balaban J connectivity index is 0.00000256. The van der Waals surface area contributed by atoms with Crippen LogP contribution in [-0.4, -0.2) is 63.8 Å². The van der Waals surface area contributed by atoms with E-state index in [1.165, 1.54) is 11.1 Å². The third-order valence-electron chi connectivity index (χ3n) is 5.02. The van der Waals surface area contributed by atoms with Crippen molar-refractivity contribution in [1.29, 1.82) is 0 Å². The molecular weight excluding hydrogens is 491 g/mol. The fraction of sp³-hybridized carbons (Fsp3) is 0.333. The van der Waals surface area contributed by atoms with Crippen LogP contribution in [0, 0.1) is 0 Å². The lowest BCUT2D eigenvalue weighted by atomic mass is 10.1. The van der Waals surface area contributed by atoms with Crippen LogP contribution >= 0.6 is 24.0 Å². The first-order valence-corrected chi connectivity index (χ1v) is 9.83. The standard InChI is InChI=1S/C21H26N8.HI/c1-22-21(28-11-9-27(10-12-28)20-7-2-3-8-24-20)25-14-18-5-4-6-19(13-18)15-29-17-23-16-26-29;/h2-8,13,16-17H,9-12,14-15H2,1H3,(H,22,25);1H. The van der Waals surface area contributed by atoms with Crippen molar-refractivity contribution in [3.63, 3.8) is 0 Å². The maximum atomic E-state index is 4.48. The molecule has 1 N–H and O–H groups in total. The summed E-state index contributed by atoms with van der Waals surface area (Å²) >= 11 is 0. The normalized spacial score (nSPS) is 14.4. The van der Waals surface area contributed by atoms with Gasteiger partial charge in [0, 0.05) is 46.0 Å². The zero-order chi connectivity index (χ0) is 19.9. The summed E-state index contributed by atoms with van der Waals surface area (Å²) in [6.45, 7) is 5.16. The number of hydrogen-bond acceptors (Lipinski definition) is 5. The van der Waals surface area contributed by atoms with Gasteiger partial charge in [-0.1, -0.05) is 30.3 Å². The van der Waals surface area contributed by atoms with Crippen molar-refractivity contribution in [3.05, 3.63) is 72.4 Å². The zero-order valence-corrected chi connectivity index (χ0v) is 19.4. The van der Waals surface area contributed by atoms with Gasteiger partial charge in [0.25, 0.3) is 0 Å². The minimum absolute atomic E-state index is 0. The first kappa shape index (κ1) is 22.0. The third-order valence-corrected chi connectivity index (χ3v) is 5.02. The Bertz CT molecular complexity index is 921. The summed E-state index contributed by atoms with van der Waals surface area (Å²) in [6, 6.07) is 14.6. The van der Waals surface area contributed by atoms with Gasteiger partial charge in [-0.05, 0) is 23.3 Å². The van der Waals surface area contributed by atoms with Gasteiger partial charge in [0.05, 0.1) is 6.54 Å². The van der Waals surface area contributed by atoms with E-state index in [0.717, 1.165) is 51.0 Å². The molecule has 1 aliphatic heterocycles. The minimum Gasteiger partial charge on any atom is -0.353 e. The highest BCUT2D eigenvalue weighted by atomic mass is 127. The maximum absolute atomic E-state index is 4.48. The lowest BCUT2D eigenvalue weighted by Crippen LogP contribution is -2.52. The summed E-state index contributed by atoms with van der Waals surface area (Å²) in [4.78, 5) is 17.6. The topological polar surface area (TPSA) is 74.5 Å². The van der Waals surface area contributed by atoms with E-state index in [2.05, 4.69) is 65.5 Å². The average molecular weight is 518 g/mol. The van der Waals surface area contributed by atoms with Gasteiger partial charge < -0.3 is 15.1 Å². The third kappa shape index (κ3) is 5.68. The molecule has 0 amide bonds. The SMILES string of the molecule is CN=C(NCc1cccc(Cn2cncn2)c1)N1CCN(c2ccccn2)CC1.I. The minimum atomic E-state index is 0. The molecule has 8 nitrogen and oxygen atoms in total. The highest BCUT2D eigenvalue weighted by Crippen LogP contribution is 2.13. The van der Waals surface area contributed by atoms with Gasteiger partial charge in [-0.2, -0.15) is 5.10 Å². The lowest BCUT2D eigenvalue weighted by molar-refractivity contribution is 0.371. The number of nitrogens with zero attached hydrogens (tertiary/aromatic N) is 7. The molecule has 3 aromatic rings. The molecule has 30 heavy (non-hydrogen) atoms. The van der Waals surface area contributed by atoms with Gasteiger partial charge in [0.15, 0.2) is 5.96 Å². The van der Waals surface area contributed by atoms with E-state index in [-0.39, 0.29) is 24.0 Å². The number of hydrogen-bond donors (Lipinski definition) is 1. The van der Waals surface area contributed by atoms with E-state index in [0.29, 0.717) is 0 Å². The Labute approximate surface area is 194 Å². The van der Waals surface area contributed by atoms with E-state index < -0.39 is 0 Å². The molecule has 4 rings (SSSR count). The van der Waals surface area contributed by atoms with E-state index in [9.17, 15) is 0 Å². The maximum Gasteiger partial charge on any atom is 0.194 e. The second-order valence-corrected chi connectivity index (χ2v) is 6.98. The van der Waals surface area contributed by atoms with E-state index in [4.69, 9.17) is 0 Å². The molecule has 0 bridgehead atoms. The molecular formula is C21H27IN8. The van der Waals surface area contributed by atoms with Crippen molar-refractivity contribution in [2.45, 2.75) is 13.1 Å². The second-order valence-electron chi connectivity index (χ2n) is 6.98. The van der Waals surface area contributed by atoms with Crippen LogP contribution in [0.4, 0.5) is 5.82 Å². The number of anilines is 1. The van der Waals surface area contributed by atoms with Crippen LogP contribution in [0.3, 0.4) is 0 Å². The van der Waals surface area contributed by atoms with Gasteiger partial charge >= 0.3 is 0 Å². The van der Waals surface area contributed by atoms with Gasteiger partial charge in [0.2, 0.25) is 0 Å². The van der Waals surface area contributed by atoms with Crippen LogP contribution in [0.25, 0.3) is 0 Å². The lowest BCUT2D eigenvalue weighted by Gasteiger charge is -2.37. The first-order chi connectivity index (χ1) is 14.3. The van der Waals surface area contributed by atoms with Crippen molar-refractivity contribution in [3.8, 4) is 0 Å². The Morgan fingerprint density at radius 3 is 2.60 bits per heavy atom. The van der Waals surface area contributed by atoms with Crippen molar-refractivity contribution in [2.75, 3.05) is 38.1 Å². The van der Waals surface area contributed by atoms with Crippen LogP contribution in [0.5, 0.6) is 0 Å². The molecule has 158 valence electrons. The van der Waals surface area contributed by atoms with Crippen molar-refractivity contribution in [2.24, 2.45) is 4.99 Å². The first-order valence-electron chi connectivity index (χ1n) is 9.83. The number of guanidine groups is 1. The molecule has 0 aliphatic carbocycles. The Morgan fingerprint density at radius 1 is 1.07 bits per heavy atom. The van der Waals surface area contributed by atoms with Crippen LogP contribution in [0.2, 0.25) is 0 Å². The molecule has 0 saturated carbocycles. The number of halogens is 1. The van der Waals surface area contributed by atoms with Gasteiger partial charge in [-0.25, -0.2) is 14.6 Å². The molecule has 0 radical (unpaired) electrons. The molecule has 1 saturated heterocycles. The largest absolute Gasteiger partial charge is 0.353 e. The average Bonchev–Trinajstić information content (AvgIpc) is 3.29. The zero-order valence-electron chi connectivity index (χ0n) is 17.1. The summed E-state index contributed by atoms with van der Waals surface area (Å²) < 4.78 is 1.83. The summed E-state index contributed by atoms with van der Waals surface area (Å²) in [6.07, 6.45) is 5.14. The second kappa shape index (κ2) is 10.9. The van der Waals surface area contributed by atoms with Crippen LogP contribution in [0.15, 0.2) is 66.3 Å². The van der Waals surface area contributed by atoms with Crippen LogP contribution < -0.4 is 10.2 Å². The number of piperazine rings is 1. The predicted octanol–water partition coefficient (Wildman–Crippen LogP) is 2.24. The number of aliphatic imine (C=N–C) groups is 1. The molecule has 1 aliphatic rings.